The van der Waals surface area contributed by atoms with Crippen LogP contribution in [0.3, 0.4) is 0 Å². The molecule has 4 heterocycles. The number of carbonyl (C=O) groups excluding carboxylic acids is 1. The van der Waals surface area contributed by atoms with Crippen LogP contribution in [0.25, 0.3) is 16.9 Å². The second-order valence-electron chi connectivity index (χ2n) is 7.63. The minimum absolute atomic E-state index is 0.0236. The highest BCUT2D eigenvalue weighted by molar-refractivity contribution is 6.31. The van der Waals surface area contributed by atoms with Gasteiger partial charge in [-0.3, -0.25) is 9.48 Å². The molecule has 1 aromatic carbocycles. The summed E-state index contributed by atoms with van der Waals surface area (Å²) in [6.45, 7) is -1.89. The van der Waals surface area contributed by atoms with Gasteiger partial charge in [-0.2, -0.15) is 19.0 Å². The van der Waals surface area contributed by atoms with E-state index in [1.54, 1.807) is 29.3 Å². The number of aromatic nitrogens is 5. The Morgan fingerprint density at radius 3 is 2.91 bits per heavy atom. The summed E-state index contributed by atoms with van der Waals surface area (Å²) in [6.07, 6.45) is 7.77. The molecule has 0 spiro atoms. The van der Waals surface area contributed by atoms with E-state index in [0.717, 1.165) is 12.8 Å². The highest BCUT2D eigenvalue weighted by Gasteiger charge is 2.25. The zero-order chi connectivity index (χ0) is 23.7. The number of nitrogens with zero attached hydrogens (tertiary/aromatic N) is 5. The molecule has 9 nitrogen and oxygen atoms in total. The smallest absolute Gasteiger partial charge is 0.387 e. The second-order valence-corrected chi connectivity index (χ2v) is 8.07. The molecule has 1 aliphatic heterocycles. The number of hydrogen-bond donors (Lipinski definition) is 1. The molecule has 12 heteroatoms. The Balaban J connectivity index is 1.57. The number of benzene rings is 1. The van der Waals surface area contributed by atoms with E-state index in [1.165, 1.54) is 28.9 Å². The fourth-order valence-electron chi connectivity index (χ4n) is 3.88. The van der Waals surface area contributed by atoms with Crippen molar-refractivity contribution in [1.29, 1.82) is 0 Å². The summed E-state index contributed by atoms with van der Waals surface area (Å²) in [4.78, 5) is 17.4. The maximum atomic E-state index is 13.1. The molecule has 1 amide bonds. The van der Waals surface area contributed by atoms with Gasteiger partial charge in [0.15, 0.2) is 5.65 Å². The van der Waals surface area contributed by atoms with Crippen LogP contribution in [-0.4, -0.2) is 50.1 Å². The third kappa shape index (κ3) is 4.44. The molecule has 0 bridgehead atoms. The molecule has 0 atom stereocenters. The van der Waals surface area contributed by atoms with Crippen LogP contribution in [0, 0.1) is 0 Å². The molecule has 176 valence electrons. The normalized spacial score (nSPS) is 14.6. The Morgan fingerprint density at radius 1 is 1.29 bits per heavy atom. The fraction of sp³-hybridized carbons (Fsp3) is 0.273. The van der Waals surface area contributed by atoms with Crippen molar-refractivity contribution in [3.8, 4) is 17.0 Å². The van der Waals surface area contributed by atoms with Gasteiger partial charge in [0.25, 0.3) is 5.91 Å². The topological polar surface area (TPSA) is 95.6 Å². The van der Waals surface area contributed by atoms with E-state index in [9.17, 15) is 13.6 Å². The zero-order valence-corrected chi connectivity index (χ0v) is 18.5. The van der Waals surface area contributed by atoms with Crippen LogP contribution < -0.4 is 10.1 Å². The number of nitrogens with one attached hydrogen (secondary N) is 1. The van der Waals surface area contributed by atoms with Gasteiger partial charge < -0.3 is 14.8 Å². The predicted octanol–water partition coefficient (Wildman–Crippen LogP) is 4.45. The Hall–Kier alpha value is -3.57. The molecule has 1 aliphatic rings. The van der Waals surface area contributed by atoms with Crippen LogP contribution in [0.15, 0.2) is 49.1 Å². The first-order valence-corrected chi connectivity index (χ1v) is 10.9. The lowest BCUT2D eigenvalue weighted by Crippen LogP contribution is -2.20. The number of amides is 1. The van der Waals surface area contributed by atoms with Crippen molar-refractivity contribution in [3.63, 3.8) is 0 Å². The lowest BCUT2D eigenvalue weighted by atomic mass is 10.1. The standard InChI is InChI=1S/C22H19ClF2N6O3/c23-13-2-3-18(34-22(24)25)15(10-13)19-17(12-31(29-19)14-4-8-33-9-5-14)28-21(32)16-11-27-30-7-1-6-26-20(16)30/h1-3,6-7,10-12,14,22H,4-5,8-9H2,(H,28,32). The van der Waals surface area contributed by atoms with E-state index in [2.05, 4.69) is 20.5 Å². The molecule has 0 radical (unpaired) electrons. The van der Waals surface area contributed by atoms with Gasteiger partial charge in [0, 0.05) is 42.4 Å². The third-order valence-corrected chi connectivity index (χ3v) is 5.72. The van der Waals surface area contributed by atoms with Crippen molar-refractivity contribution in [3.05, 3.63) is 59.6 Å². The van der Waals surface area contributed by atoms with E-state index in [1.807, 2.05) is 0 Å². The van der Waals surface area contributed by atoms with Gasteiger partial charge in [0.05, 0.1) is 17.9 Å². The van der Waals surface area contributed by atoms with Crippen LogP contribution >= 0.6 is 11.6 Å². The number of anilines is 1. The number of rotatable bonds is 6. The average Bonchev–Trinajstić information content (AvgIpc) is 3.45. The average molecular weight is 489 g/mol. The molecule has 0 unspecified atom stereocenters. The lowest BCUT2D eigenvalue weighted by molar-refractivity contribution is -0.0494. The van der Waals surface area contributed by atoms with E-state index < -0.39 is 12.5 Å². The minimum Gasteiger partial charge on any atom is -0.434 e. The van der Waals surface area contributed by atoms with Crippen molar-refractivity contribution in [2.45, 2.75) is 25.5 Å². The molecule has 34 heavy (non-hydrogen) atoms. The Morgan fingerprint density at radius 2 is 2.12 bits per heavy atom. The number of carbonyl (C=O) groups is 1. The number of halogens is 3. The highest BCUT2D eigenvalue weighted by Crippen LogP contribution is 2.38. The maximum Gasteiger partial charge on any atom is 0.387 e. The molecule has 1 saturated heterocycles. The third-order valence-electron chi connectivity index (χ3n) is 5.48. The summed E-state index contributed by atoms with van der Waals surface area (Å²) in [5, 5.41) is 11.9. The lowest BCUT2D eigenvalue weighted by Gasteiger charge is -2.22. The molecule has 5 rings (SSSR count). The first-order valence-electron chi connectivity index (χ1n) is 10.5. The van der Waals surface area contributed by atoms with E-state index >= 15 is 0 Å². The Kier molecular flexibility index (Phi) is 6.12. The first kappa shape index (κ1) is 22.2. The van der Waals surface area contributed by atoms with Gasteiger partial charge in [-0.1, -0.05) is 11.6 Å². The van der Waals surface area contributed by atoms with Crippen molar-refractivity contribution < 1.29 is 23.0 Å². The summed E-state index contributed by atoms with van der Waals surface area (Å²) >= 11 is 6.16. The maximum absolute atomic E-state index is 13.1. The highest BCUT2D eigenvalue weighted by atomic mass is 35.5. The Labute approximate surface area is 197 Å². The fourth-order valence-corrected chi connectivity index (χ4v) is 4.05. The molecule has 1 fully saturated rings. The molecule has 0 saturated carbocycles. The van der Waals surface area contributed by atoms with Crippen molar-refractivity contribution in [2.75, 3.05) is 18.5 Å². The van der Waals surface area contributed by atoms with Crippen molar-refractivity contribution in [1.82, 2.24) is 24.4 Å². The van der Waals surface area contributed by atoms with Gasteiger partial charge in [0.1, 0.15) is 17.0 Å². The van der Waals surface area contributed by atoms with E-state index in [0.29, 0.717) is 29.6 Å². The minimum atomic E-state index is -3.04. The van der Waals surface area contributed by atoms with Gasteiger partial charge in [-0.25, -0.2) is 9.50 Å². The largest absolute Gasteiger partial charge is 0.434 e. The van der Waals surface area contributed by atoms with Gasteiger partial charge in [0.2, 0.25) is 0 Å². The van der Waals surface area contributed by atoms with Gasteiger partial charge in [-0.15, -0.1) is 0 Å². The van der Waals surface area contributed by atoms with Crippen molar-refractivity contribution in [2.24, 2.45) is 0 Å². The summed E-state index contributed by atoms with van der Waals surface area (Å²) in [5.41, 5.74) is 1.42. The Bertz CT molecular complexity index is 1340. The number of hydrogen-bond acceptors (Lipinski definition) is 6. The molecule has 0 aliphatic carbocycles. The predicted molar refractivity (Wildman–Crippen MR) is 119 cm³/mol. The van der Waals surface area contributed by atoms with E-state index in [-0.39, 0.29) is 28.6 Å². The van der Waals surface area contributed by atoms with Gasteiger partial charge in [-0.05, 0) is 37.1 Å². The second kappa shape index (κ2) is 9.35. The molecular weight excluding hydrogens is 470 g/mol. The van der Waals surface area contributed by atoms with Crippen LogP contribution in [-0.2, 0) is 4.74 Å². The zero-order valence-electron chi connectivity index (χ0n) is 17.7. The quantitative estimate of drug-likeness (QED) is 0.431. The summed E-state index contributed by atoms with van der Waals surface area (Å²) in [5.74, 6) is -0.579. The first-order chi connectivity index (χ1) is 16.5. The number of alkyl halides is 2. The molecular formula is C22H19ClF2N6O3. The number of fused-ring (bicyclic) bond motifs is 1. The molecule has 4 aromatic rings. The summed E-state index contributed by atoms with van der Waals surface area (Å²) in [6, 6.07) is 5.98. The molecule has 1 N–H and O–H groups in total. The van der Waals surface area contributed by atoms with Crippen LogP contribution in [0.1, 0.15) is 29.2 Å². The summed E-state index contributed by atoms with van der Waals surface area (Å²) < 4.78 is 39.5. The summed E-state index contributed by atoms with van der Waals surface area (Å²) in [7, 11) is 0. The van der Waals surface area contributed by atoms with E-state index in [4.69, 9.17) is 21.1 Å². The molecule has 3 aromatic heterocycles. The van der Waals surface area contributed by atoms with Crippen LogP contribution in [0.4, 0.5) is 14.5 Å². The number of ether oxygens (including phenoxy) is 2. The van der Waals surface area contributed by atoms with Crippen LogP contribution in [0.2, 0.25) is 5.02 Å². The SMILES string of the molecule is O=C(Nc1cn(C2CCOCC2)nc1-c1cc(Cl)ccc1OC(F)F)c1cnn2cccnc12. The van der Waals surface area contributed by atoms with Crippen molar-refractivity contribution >= 4 is 28.8 Å². The monoisotopic (exact) mass is 488 g/mol. The van der Waals surface area contributed by atoms with Crippen LogP contribution in [0.5, 0.6) is 5.75 Å². The van der Waals surface area contributed by atoms with Gasteiger partial charge >= 0.3 is 6.61 Å².